The van der Waals surface area contributed by atoms with Gasteiger partial charge in [0.05, 0.1) is 6.54 Å². The first kappa shape index (κ1) is 18.8. The maximum atomic E-state index is 11.9. The number of halogens is 2. The van der Waals surface area contributed by atoms with Crippen molar-refractivity contribution in [3.8, 4) is 0 Å². The number of nitrogens with one attached hydrogen (secondary N) is 2. The maximum Gasteiger partial charge on any atom is 0.238 e. The molecular formula is C19H22Cl2N2O. The molecule has 5 heteroatoms. The number of hydrogen-bond acceptors (Lipinski definition) is 2. The van der Waals surface area contributed by atoms with Crippen LogP contribution in [0.25, 0.3) is 0 Å². The van der Waals surface area contributed by atoms with Crippen LogP contribution >= 0.6 is 23.2 Å². The number of rotatable bonds is 7. The monoisotopic (exact) mass is 364 g/mol. The van der Waals surface area contributed by atoms with E-state index in [1.54, 1.807) is 6.07 Å². The van der Waals surface area contributed by atoms with Crippen LogP contribution < -0.4 is 10.6 Å². The van der Waals surface area contributed by atoms with Crippen LogP contribution in [0, 0.1) is 0 Å². The van der Waals surface area contributed by atoms with Gasteiger partial charge in [0.1, 0.15) is 0 Å². The Morgan fingerprint density at radius 2 is 1.79 bits per heavy atom. The van der Waals surface area contributed by atoms with Gasteiger partial charge in [0, 0.05) is 15.7 Å². The zero-order chi connectivity index (χ0) is 17.5. The number of amides is 1. The molecule has 0 aliphatic heterocycles. The fraction of sp³-hybridized carbons (Fsp3) is 0.316. The summed E-state index contributed by atoms with van der Waals surface area (Å²) in [6.07, 6.45) is 0.742. The lowest BCUT2D eigenvalue weighted by molar-refractivity contribution is -0.115. The molecule has 2 N–H and O–H groups in total. The average Bonchev–Trinajstić information content (AvgIpc) is 2.53. The third-order valence-corrected chi connectivity index (χ3v) is 4.32. The lowest BCUT2D eigenvalue weighted by Crippen LogP contribution is -2.29. The molecule has 0 radical (unpaired) electrons. The van der Waals surface area contributed by atoms with Crippen LogP contribution in [0.1, 0.15) is 30.9 Å². The molecule has 0 fully saturated rings. The predicted octanol–water partition coefficient (Wildman–Crippen LogP) is 4.89. The standard InChI is InChI=1S/C19H22Cl2N2O/c1-13(2)14-4-7-17(8-5-14)23-19(24)12-22-10-9-15-3-6-16(20)11-18(15)21/h3-8,11,13,22H,9-10,12H2,1-2H3,(H,23,24). The van der Waals surface area contributed by atoms with Gasteiger partial charge < -0.3 is 10.6 Å². The van der Waals surface area contributed by atoms with Crippen molar-refractivity contribution < 1.29 is 4.79 Å². The fourth-order valence-corrected chi connectivity index (χ4v) is 2.81. The average molecular weight is 365 g/mol. The lowest BCUT2D eigenvalue weighted by Gasteiger charge is -2.09. The molecule has 0 bridgehead atoms. The highest BCUT2D eigenvalue weighted by Crippen LogP contribution is 2.21. The number of hydrogen-bond donors (Lipinski definition) is 2. The van der Waals surface area contributed by atoms with Gasteiger partial charge in [0.15, 0.2) is 0 Å². The minimum Gasteiger partial charge on any atom is -0.325 e. The Hall–Kier alpha value is -1.55. The van der Waals surface area contributed by atoms with Crippen LogP contribution in [-0.2, 0) is 11.2 Å². The summed E-state index contributed by atoms with van der Waals surface area (Å²) >= 11 is 12.0. The van der Waals surface area contributed by atoms with E-state index in [2.05, 4.69) is 24.5 Å². The van der Waals surface area contributed by atoms with Gasteiger partial charge >= 0.3 is 0 Å². The first-order chi connectivity index (χ1) is 11.5. The number of carbonyl (C=O) groups excluding carboxylic acids is 1. The van der Waals surface area contributed by atoms with Gasteiger partial charge in [-0.3, -0.25) is 4.79 Å². The topological polar surface area (TPSA) is 41.1 Å². The Bertz CT molecular complexity index is 684. The van der Waals surface area contributed by atoms with Crippen molar-refractivity contribution in [1.29, 1.82) is 0 Å². The van der Waals surface area contributed by atoms with Gasteiger partial charge in [-0.25, -0.2) is 0 Å². The molecule has 1 amide bonds. The predicted molar refractivity (Wildman–Crippen MR) is 102 cm³/mol. The normalized spacial score (nSPS) is 10.9. The van der Waals surface area contributed by atoms with E-state index in [0.717, 1.165) is 17.7 Å². The van der Waals surface area contributed by atoms with Crippen LogP contribution in [0.2, 0.25) is 10.0 Å². The Kier molecular flexibility index (Phi) is 7.10. The minimum atomic E-state index is -0.0606. The number of anilines is 1. The Balaban J connectivity index is 1.73. The largest absolute Gasteiger partial charge is 0.325 e. The molecule has 2 aromatic carbocycles. The molecule has 3 nitrogen and oxygen atoms in total. The summed E-state index contributed by atoms with van der Waals surface area (Å²) in [7, 11) is 0. The van der Waals surface area contributed by atoms with E-state index < -0.39 is 0 Å². The molecule has 0 saturated carbocycles. The smallest absolute Gasteiger partial charge is 0.238 e. The molecule has 0 aliphatic rings. The Morgan fingerprint density at radius 3 is 2.42 bits per heavy atom. The van der Waals surface area contributed by atoms with Crippen molar-refractivity contribution in [2.75, 3.05) is 18.4 Å². The SMILES string of the molecule is CC(C)c1ccc(NC(=O)CNCCc2ccc(Cl)cc2Cl)cc1. The summed E-state index contributed by atoms with van der Waals surface area (Å²) in [6.45, 7) is 5.22. The third-order valence-electron chi connectivity index (χ3n) is 3.73. The molecule has 128 valence electrons. The summed E-state index contributed by atoms with van der Waals surface area (Å²) in [5, 5.41) is 7.28. The van der Waals surface area contributed by atoms with Gasteiger partial charge in [0.2, 0.25) is 5.91 Å². The molecule has 24 heavy (non-hydrogen) atoms. The quantitative estimate of drug-likeness (QED) is 0.686. The van der Waals surface area contributed by atoms with E-state index in [1.807, 2.05) is 36.4 Å². The highest BCUT2D eigenvalue weighted by atomic mass is 35.5. The summed E-state index contributed by atoms with van der Waals surface area (Å²) < 4.78 is 0. The van der Waals surface area contributed by atoms with Crippen molar-refractivity contribution in [1.82, 2.24) is 5.32 Å². The molecular weight excluding hydrogens is 343 g/mol. The summed E-state index contributed by atoms with van der Waals surface area (Å²) in [4.78, 5) is 11.9. The van der Waals surface area contributed by atoms with Crippen LogP contribution in [0.3, 0.4) is 0 Å². The summed E-state index contributed by atoms with van der Waals surface area (Å²) in [6, 6.07) is 13.4. The van der Waals surface area contributed by atoms with Gasteiger partial charge in [0.25, 0.3) is 0 Å². The minimum absolute atomic E-state index is 0.0606. The van der Waals surface area contributed by atoms with E-state index in [0.29, 0.717) is 22.5 Å². The summed E-state index contributed by atoms with van der Waals surface area (Å²) in [5.41, 5.74) is 3.08. The van der Waals surface area contributed by atoms with Crippen LogP contribution in [0.15, 0.2) is 42.5 Å². The van der Waals surface area contributed by atoms with E-state index in [1.165, 1.54) is 5.56 Å². The Labute approximate surface area is 153 Å². The van der Waals surface area contributed by atoms with Gasteiger partial charge in [-0.2, -0.15) is 0 Å². The summed E-state index contributed by atoms with van der Waals surface area (Å²) in [5.74, 6) is 0.422. The van der Waals surface area contributed by atoms with E-state index in [-0.39, 0.29) is 12.5 Å². The van der Waals surface area contributed by atoms with Gasteiger partial charge in [-0.05, 0) is 54.3 Å². The van der Waals surface area contributed by atoms with Crippen molar-refractivity contribution in [2.24, 2.45) is 0 Å². The third kappa shape index (κ3) is 5.82. The molecule has 2 aromatic rings. The second-order valence-electron chi connectivity index (χ2n) is 5.99. The second kappa shape index (κ2) is 9.07. The van der Waals surface area contributed by atoms with Crippen LogP contribution in [-0.4, -0.2) is 19.0 Å². The number of benzene rings is 2. The van der Waals surface area contributed by atoms with Crippen molar-refractivity contribution in [2.45, 2.75) is 26.2 Å². The zero-order valence-corrected chi connectivity index (χ0v) is 15.4. The van der Waals surface area contributed by atoms with Crippen molar-refractivity contribution in [3.63, 3.8) is 0 Å². The highest BCUT2D eigenvalue weighted by Gasteiger charge is 2.05. The molecule has 0 atom stereocenters. The molecule has 0 aromatic heterocycles. The fourth-order valence-electron chi connectivity index (χ4n) is 2.31. The molecule has 0 unspecified atom stereocenters. The van der Waals surface area contributed by atoms with Crippen molar-refractivity contribution >= 4 is 34.8 Å². The van der Waals surface area contributed by atoms with Gasteiger partial charge in [-0.15, -0.1) is 0 Å². The van der Waals surface area contributed by atoms with E-state index in [4.69, 9.17) is 23.2 Å². The molecule has 0 saturated heterocycles. The molecule has 0 spiro atoms. The second-order valence-corrected chi connectivity index (χ2v) is 6.83. The van der Waals surface area contributed by atoms with E-state index >= 15 is 0 Å². The van der Waals surface area contributed by atoms with Crippen molar-refractivity contribution in [3.05, 3.63) is 63.6 Å². The first-order valence-corrected chi connectivity index (χ1v) is 8.76. The molecule has 2 rings (SSSR count). The van der Waals surface area contributed by atoms with Crippen LogP contribution in [0.4, 0.5) is 5.69 Å². The highest BCUT2D eigenvalue weighted by molar-refractivity contribution is 6.35. The van der Waals surface area contributed by atoms with Crippen LogP contribution in [0.5, 0.6) is 0 Å². The first-order valence-electron chi connectivity index (χ1n) is 8.00. The maximum absolute atomic E-state index is 11.9. The molecule has 0 aliphatic carbocycles. The molecule has 0 heterocycles. The zero-order valence-electron chi connectivity index (χ0n) is 13.9. The van der Waals surface area contributed by atoms with E-state index in [9.17, 15) is 4.79 Å². The lowest BCUT2D eigenvalue weighted by atomic mass is 10.0. The van der Waals surface area contributed by atoms with Gasteiger partial charge in [-0.1, -0.05) is 55.2 Å². The number of carbonyl (C=O) groups is 1. The Morgan fingerprint density at radius 1 is 1.08 bits per heavy atom.